The number of hydrogen-bond donors (Lipinski definition) is 2. The van der Waals surface area contributed by atoms with Gasteiger partial charge in [-0.2, -0.15) is 0 Å². The normalized spacial score (nSPS) is 11.7. The van der Waals surface area contributed by atoms with E-state index >= 15 is 0 Å². The van der Waals surface area contributed by atoms with Crippen molar-refractivity contribution in [3.8, 4) is 39.6 Å². The van der Waals surface area contributed by atoms with E-state index in [9.17, 15) is 4.79 Å². The Bertz CT molecular complexity index is 1170. The highest BCUT2D eigenvalue weighted by molar-refractivity contribution is 7.17. The van der Waals surface area contributed by atoms with Crippen molar-refractivity contribution in [3.05, 3.63) is 78.5 Å². The van der Waals surface area contributed by atoms with Crippen molar-refractivity contribution in [1.29, 1.82) is 0 Å². The Morgan fingerprint density at radius 2 is 1.32 bits per heavy atom. The van der Waals surface area contributed by atoms with Crippen LogP contribution in [-0.2, 0) is 0 Å². The van der Waals surface area contributed by atoms with Crippen LogP contribution in [0.25, 0.3) is 22.3 Å². The molecule has 0 radical (unpaired) electrons. The van der Waals surface area contributed by atoms with E-state index in [1.54, 1.807) is 12.1 Å². The quantitative estimate of drug-likeness (QED) is 0.388. The number of aromatic carboxylic acids is 1. The zero-order chi connectivity index (χ0) is 21.8. The molecule has 156 valence electrons. The molecule has 0 aliphatic carbocycles. The predicted octanol–water partition coefficient (Wildman–Crippen LogP) is 5.23. The number of carbonyl (C=O) groups is 1. The number of hydrogen-bond acceptors (Lipinski definition) is 5. The van der Waals surface area contributed by atoms with E-state index in [-0.39, 0.29) is 17.4 Å². The van der Waals surface area contributed by atoms with Crippen LogP contribution in [0.2, 0.25) is 0 Å². The number of aromatic amines is 1. The molecule has 0 aliphatic heterocycles. The molecule has 0 saturated carbocycles. The third-order valence-corrected chi connectivity index (χ3v) is 4.66. The van der Waals surface area contributed by atoms with E-state index in [2.05, 4.69) is 48.9 Å². The van der Waals surface area contributed by atoms with Gasteiger partial charge >= 0.3 is 5.97 Å². The van der Waals surface area contributed by atoms with Crippen molar-refractivity contribution in [2.75, 3.05) is 0 Å². The van der Waals surface area contributed by atoms with Crippen LogP contribution >= 0.6 is 9.24 Å². The molecule has 8 heteroatoms. The molecule has 4 rings (SSSR count). The zero-order valence-electron chi connectivity index (χ0n) is 16.6. The van der Waals surface area contributed by atoms with Crippen molar-refractivity contribution in [2.24, 2.45) is 0 Å². The average Bonchev–Trinajstić information content (AvgIpc) is 3.23. The molecule has 3 aromatic carbocycles. The van der Waals surface area contributed by atoms with Crippen LogP contribution in [0.15, 0.2) is 72.8 Å². The largest absolute Gasteiger partial charge is 0.487 e. The maximum Gasteiger partial charge on any atom is 0.359 e. The molecule has 4 aromatic rings. The first-order chi connectivity index (χ1) is 15.0. The smallest absolute Gasteiger partial charge is 0.359 e. The van der Waals surface area contributed by atoms with Crippen molar-refractivity contribution >= 4 is 15.2 Å². The average molecular weight is 433 g/mol. The standard InChI is InChI=1S/C23H20N3O4P/c1-14(31)29-19-10-6-17(7-11-19)15-2-4-16(5-3-15)18-8-12-20(13-9-18)30-22-21(23(27)28)24-26-25-22/h2-14H,31H2,1H3,(H,27,28)(H,24,25,26). The highest BCUT2D eigenvalue weighted by Crippen LogP contribution is 2.29. The molecule has 31 heavy (non-hydrogen) atoms. The molecule has 0 aliphatic rings. The summed E-state index contributed by atoms with van der Waals surface area (Å²) in [5.41, 5.74) is 4.10. The zero-order valence-corrected chi connectivity index (χ0v) is 17.8. The highest BCUT2D eigenvalue weighted by Gasteiger charge is 2.16. The first kappa shape index (κ1) is 20.6. The molecular weight excluding hydrogens is 413 g/mol. The van der Waals surface area contributed by atoms with Gasteiger partial charge in [0.25, 0.3) is 5.88 Å². The number of rotatable bonds is 7. The van der Waals surface area contributed by atoms with Gasteiger partial charge in [0.05, 0.1) is 0 Å². The Morgan fingerprint density at radius 3 is 1.77 bits per heavy atom. The topological polar surface area (TPSA) is 97.3 Å². The first-order valence-electron chi connectivity index (χ1n) is 9.55. The predicted molar refractivity (Wildman–Crippen MR) is 121 cm³/mol. The molecule has 0 saturated heterocycles. The SMILES string of the molecule is CC(P)Oc1ccc(-c2ccc(-c3ccc(Oc4nn[nH]c4C(=O)O)cc3)cc2)cc1. The number of ether oxygens (including phenoxy) is 2. The maximum atomic E-state index is 11.1. The number of carboxylic acids is 1. The molecule has 2 atom stereocenters. The third-order valence-electron chi connectivity index (χ3n) is 4.53. The van der Waals surface area contributed by atoms with Crippen LogP contribution in [0.5, 0.6) is 17.4 Å². The Kier molecular flexibility index (Phi) is 5.96. The first-order valence-corrected chi connectivity index (χ1v) is 10.2. The van der Waals surface area contributed by atoms with Gasteiger partial charge in [-0.05, 0) is 53.4 Å². The van der Waals surface area contributed by atoms with Crippen molar-refractivity contribution in [1.82, 2.24) is 15.4 Å². The third kappa shape index (κ3) is 4.90. The van der Waals surface area contributed by atoms with Gasteiger partial charge in [0, 0.05) is 0 Å². The van der Waals surface area contributed by atoms with Crippen LogP contribution in [0.1, 0.15) is 17.4 Å². The molecule has 0 bridgehead atoms. The fourth-order valence-corrected chi connectivity index (χ4v) is 3.21. The van der Waals surface area contributed by atoms with E-state index in [4.69, 9.17) is 14.6 Å². The van der Waals surface area contributed by atoms with Crippen molar-refractivity contribution < 1.29 is 19.4 Å². The second-order valence-corrected chi connectivity index (χ2v) is 7.79. The second-order valence-electron chi connectivity index (χ2n) is 6.85. The van der Waals surface area contributed by atoms with Crippen LogP contribution in [-0.4, -0.2) is 32.3 Å². The molecule has 1 aromatic heterocycles. The minimum atomic E-state index is -1.18. The number of nitrogens with zero attached hydrogens (tertiary/aromatic N) is 2. The fourth-order valence-electron chi connectivity index (χ4n) is 3.05. The van der Waals surface area contributed by atoms with Gasteiger partial charge in [-0.25, -0.2) is 9.89 Å². The van der Waals surface area contributed by atoms with Crippen LogP contribution in [0.3, 0.4) is 0 Å². The number of carboxylic acid groups (broad SMARTS) is 1. The van der Waals surface area contributed by atoms with Crippen LogP contribution < -0.4 is 9.47 Å². The van der Waals surface area contributed by atoms with E-state index in [1.807, 2.05) is 43.3 Å². The molecule has 2 unspecified atom stereocenters. The maximum absolute atomic E-state index is 11.1. The van der Waals surface area contributed by atoms with Crippen LogP contribution in [0, 0.1) is 0 Å². The Hall–Kier alpha value is -3.70. The Balaban J connectivity index is 1.46. The lowest BCUT2D eigenvalue weighted by Crippen LogP contribution is -2.00. The molecule has 0 amide bonds. The van der Waals surface area contributed by atoms with Gasteiger partial charge in [-0.3, -0.25) is 0 Å². The summed E-state index contributed by atoms with van der Waals surface area (Å²) >= 11 is 0. The van der Waals surface area contributed by atoms with E-state index in [0.717, 1.165) is 28.0 Å². The van der Waals surface area contributed by atoms with E-state index in [1.165, 1.54) is 0 Å². The molecule has 0 spiro atoms. The fraction of sp³-hybridized carbons (Fsp3) is 0.0870. The summed E-state index contributed by atoms with van der Waals surface area (Å²) in [6.45, 7) is 1.97. The van der Waals surface area contributed by atoms with Gasteiger partial charge in [-0.1, -0.05) is 68.1 Å². The lowest BCUT2D eigenvalue weighted by molar-refractivity contribution is 0.0687. The Labute approximate surface area is 181 Å². The van der Waals surface area contributed by atoms with Gasteiger partial charge in [0.15, 0.2) is 0 Å². The lowest BCUT2D eigenvalue weighted by Gasteiger charge is -2.10. The number of benzene rings is 3. The molecular formula is C23H20N3O4P. The Morgan fingerprint density at radius 1 is 0.871 bits per heavy atom. The highest BCUT2D eigenvalue weighted by atomic mass is 31.0. The van der Waals surface area contributed by atoms with Gasteiger partial charge in [-0.15, -0.1) is 0 Å². The molecule has 2 N–H and O–H groups in total. The lowest BCUT2D eigenvalue weighted by atomic mass is 10.0. The number of H-pyrrole nitrogens is 1. The van der Waals surface area contributed by atoms with Gasteiger partial charge < -0.3 is 14.6 Å². The summed E-state index contributed by atoms with van der Waals surface area (Å²) < 4.78 is 11.2. The summed E-state index contributed by atoms with van der Waals surface area (Å²) in [4.78, 5) is 11.1. The molecule has 1 heterocycles. The van der Waals surface area contributed by atoms with Crippen LogP contribution in [0.4, 0.5) is 0 Å². The molecule has 7 nitrogen and oxygen atoms in total. The summed E-state index contributed by atoms with van der Waals surface area (Å²) in [6.07, 6.45) is 0. The minimum Gasteiger partial charge on any atom is -0.487 e. The van der Waals surface area contributed by atoms with E-state index < -0.39 is 5.97 Å². The summed E-state index contributed by atoms with van der Waals surface area (Å²) in [6, 6.07) is 23.6. The summed E-state index contributed by atoms with van der Waals surface area (Å²) in [5, 5.41) is 18.5. The van der Waals surface area contributed by atoms with Gasteiger partial charge in [0.1, 0.15) is 17.3 Å². The number of nitrogens with one attached hydrogen (secondary N) is 1. The van der Waals surface area contributed by atoms with Crippen molar-refractivity contribution in [3.63, 3.8) is 0 Å². The molecule has 0 fully saturated rings. The monoisotopic (exact) mass is 433 g/mol. The number of aromatic nitrogens is 3. The summed E-state index contributed by atoms with van der Waals surface area (Å²) in [5.74, 6) is 0.119. The van der Waals surface area contributed by atoms with E-state index in [0.29, 0.717) is 5.75 Å². The van der Waals surface area contributed by atoms with Gasteiger partial charge in [0.2, 0.25) is 5.69 Å². The van der Waals surface area contributed by atoms with Crippen molar-refractivity contribution in [2.45, 2.75) is 12.8 Å². The summed E-state index contributed by atoms with van der Waals surface area (Å²) in [7, 11) is 2.61. The minimum absolute atomic E-state index is 0.0668. The second kappa shape index (κ2) is 8.98.